The molecule has 0 aliphatic carbocycles. The zero-order chi connectivity index (χ0) is 26.3. The molecule has 0 N–H and O–H groups in total. The fraction of sp³-hybridized carbons (Fsp3) is 0.280. The Labute approximate surface area is 206 Å². The zero-order valence-electron chi connectivity index (χ0n) is 20.4. The first-order valence-electron chi connectivity index (χ1n) is 11.0. The Morgan fingerprint density at radius 3 is 2.56 bits per heavy atom. The van der Waals surface area contributed by atoms with Crippen LogP contribution in [0.3, 0.4) is 0 Å². The van der Waals surface area contributed by atoms with Gasteiger partial charge < -0.3 is 9.64 Å². The second-order valence-electron chi connectivity index (χ2n) is 8.48. The number of imide groups is 1. The van der Waals surface area contributed by atoms with E-state index < -0.39 is 29.6 Å². The van der Waals surface area contributed by atoms with Gasteiger partial charge in [-0.05, 0) is 31.2 Å². The highest BCUT2D eigenvalue weighted by atomic mass is 19.1. The average molecular weight is 490 g/mol. The minimum atomic E-state index is -0.868. The van der Waals surface area contributed by atoms with E-state index in [0.29, 0.717) is 16.8 Å². The van der Waals surface area contributed by atoms with Crippen LogP contribution in [0, 0.1) is 17.1 Å². The van der Waals surface area contributed by atoms with Crippen LogP contribution < -0.4 is 9.64 Å². The van der Waals surface area contributed by atoms with Crippen LogP contribution in [-0.2, 0) is 23.2 Å². The summed E-state index contributed by atoms with van der Waals surface area (Å²) in [4.78, 5) is 44.6. The van der Waals surface area contributed by atoms with Crippen molar-refractivity contribution >= 4 is 23.5 Å². The number of aromatic nitrogens is 3. The van der Waals surface area contributed by atoms with Crippen LogP contribution >= 0.6 is 0 Å². The summed E-state index contributed by atoms with van der Waals surface area (Å²) >= 11 is 0. The van der Waals surface area contributed by atoms with Gasteiger partial charge >= 0.3 is 0 Å². The van der Waals surface area contributed by atoms with Crippen LogP contribution in [0.25, 0.3) is 11.1 Å². The van der Waals surface area contributed by atoms with E-state index in [0.717, 1.165) is 4.90 Å². The van der Waals surface area contributed by atoms with Crippen LogP contribution in [0.2, 0.25) is 0 Å². The quantitative estimate of drug-likeness (QED) is 0.514. The molecule has 0 unspecified atom stereocenters. The van der Waals surface area contributed by atoms with E-state index in [1.807, 2.05) is 0 Å². The first-order valence-corrected chi connectivity index (χ1v) is 11.0. The fourth-order valence-corrected chi connectivity index (χ4v) is 4.29. The number of aryl methyl sites for hydroxylation is 1. The van der Waals surface area contributed by atoms with Crippen LogP contribution in [0.5, 0.6) is 5.75 Å². The Bertz CT molecular complexity index is 1440. The molecule has 3 aromatic rings. The number of nitrogens with zero attached hydrogens (tertiary/aromatic N) is 6. The van der Waals surface area contributed by atoms with Crippen molar-refractivity contribution in [3.8, 4) is 22.9 Å². The monoisotopic (exact) mass is 490 g/mol. The summed E-state index contributed by atoms with van der Waals surface area (Å²) in [5.74, 6) is -2.13. The van der Waals surface area contributed by atoms with Gasteiger partial charge in [0.1, 0.15) is 23.7 Å². The fourth-order valence-electron chi connectivity index (χ4n) is 4.29. The van der Waals surface area contributed by atoms with Gasteiger partial charge in [-0.15, -0.1) is 0 Å². The molecule has 0 spiro atoms. The number of rotatable bonds is 1. The number of fused-ring (bicyclic) bond motifs is 5. The molecular formula is C25H23FN6O4. The van der Waals surface area contributed by atoms with Gasteiger partial charge in [0.2, 0.25) is 11.8 Å². The van der Waals surface area contributed by atoms with Crippen molar-refractivity contribution in [2.45, 2.75) is 33.4 Å². The van der Waals surface area contributed by atoms with Gasteiger partial charge in [0, 0.05) is 56.4 Å². The molecule has 3 heterocycles. The predicted octanol–water partition coefficient (Wildman–Crippen LogP) is 3.12. The second kappa shape index (κ2) is 9.22. The lowest BCUT2D eigenvalue weighted by Gasteiger charge is -2.26. The Kier molecular flexibility index (Phi) is 6.28. The third kappa shape index (κ3) is 4.17. The number of carbonyl (C=O) groups excluding carboxylic acids is 3. The summed E-state index contributed by atoms with van der Waals surface area (Å²) in [5.41, 5.74) is 2.03. The molecule has 1 aliphatic heterocycles. The van der Waals surface area contributed by atoms with Crippen molar-refractivity contribution in [1.29, 1.82) is 5.26 Å². The number of ether oxygens (including phenoxy) is 1. The van der Waals surface area contributed by atoms with Crippen molar-refractivity contribution < 1.29 is 23.5 Å². The lowest BCUT2D eigenvalue weighted by molar-refractivity contribution is -0.124. The third-order valence-electron chi connectivity index (χ3n) is 5.91. The normalized spacial score (nSPS) is 15.0. The maximum Gasteiger partial charge on any atom is 0.254 e. The van der Waals surface area contributed by atoms with Crippen molar-refractivity contribution in [2.24, 2.45) is 7.05 Å². The molecule has 0 fully saturated rings. The van der Waals surface area contributed by atoms with E-state index in [1.54, 1.807) is 27.1 Å². The highest BCUT2D eigenvalue weighted by Crippen LogP contribution is 2.38. The van der Waals surface area contributed by atoms with Crippen LogP contribution in [0.1, 0.15) is 54.2 Å². The molecule has 10 nitrogen and oxygen atoms in total. The SMILES string of the molecule is CC(=O)N(C(C)=O)c1ncc2cc1O[C@H](C)c1cc(F)ccc1C(=O)N(C)Cc1nn(C)c(C#N)c1-2. The number of benzene rings is 1. The van der Waals surface area contributed by atoms with E-state index in [1.165, 1.54) is 47.8 Å². The van der Waals surface area contributed by atoms with Gasteiger partial charge in [0.15, 0.2) is 11.6 Å². The molecule has 1 aromatic carbocycles. The summed E-state index contributed by atoms with van der Waals surface area (Å²) in [6.07, 6.45) is 0.543. The summed E-state index contributed by atoms with van der Waals surface area (Å²) in [5, 5.41) is 14.3. The Hall–Kier alpha value is -4.59. The number of amides is 3. The van der Waals surface area contributed by atoms with E-state index in [2.05, 4.69) is 16.2 Å². The highest BCUT2D eigenvalue weighted by molar-refractivity contribution is 6.13. The van der Waals surface area contributed by atoms with Gasteiger partial charge in [0.25, 0.3) is 5.91 Å². The number of hydrogen-bond acceptors (Lipinski definition) is 7. The third-order valence-corrected chi connectivity index (χ3v) is 5.91. The maximum absolute atomic E-state index is 14.2. The molecule has 2 aromatic heterocycles. The smallest absolute Gasteiger partial charge is 0.254 e. The zero-order valence-corrected chi connectivity index (χ0v) is 20.4. The molecule has 4 rings (SSSR count). The molecule has 184 valence electrons. The summed E-state index contributed by atoms with van der Waals surface area (Å²) < 4.78 is 21.8. The van der Waals surface area contributed by atoms with Gasteiger partial charge in [0.05, 0.1) is 12.2 Å². The Balaban J connectivity index is 2.04. The van der Waals surface area contributed by atoms with Gasteiger partial charge in [-0.25, -0.2) is 14.3 Å². The summed E-state index contributed by atoms with van der Waals surface area (Å²) in [7, 11) is 3.19. The highest BCUT2D eigenvalue weighted by Gasteiger charge is 2.29. The molecule has 3 amide bonds. The number of nitriles is 1. The van der Waals surface area contributed by atoms with E-state index in [4.69, 9.17) is 4.74 Å². The first kappa shape index (κ1) is 24.5. The minimum absolute atomic E-state index is 0.0423. The molecular weight excluding hydrogens is 467 g/mol. The number of hydrogen-bond donors (Lipinski definition) is 0. The van der Waals surface area contributed by atoms with Gasteiger partial charge in [-0.1, -0.05) is 0 Å². The van der Waals surface area contributed by atoms with E-state index in [9.17, 15) is 24.0 Å². The summed E-state index contributed by atoms with van der Waals surface area (Å²) in [6.45, 7) is 4.11. The molecule has 11 heteroatoms. The van der Waals surface area contributed by atoms with E-state index >= 15 is 0 Å². The molecule has 0 radical (unpaired) electrons. The molecule has 1 aliphatic rings. The second-order valence-corrected chi connectivity index (χ2v) is 8.48. The van der Waals surface area contributed by atoms with Crippen LogP contribution in [0.15, 0.2) is 30.5 Å². The van der Waals surface area contributed by atoms with Crippen molar-refractivity contribution in [2.75, 3.05) is 11.9 Å². The summed E-state index contributed by atoms with van der Waals surface area (Å²) in [6, 6.07) is 7.45. The number of halogens is 1. The molecule has 2 bridgehead atoms. The molecule has 0 saturated carbocycles. The Morgan fingerprint density at radius 2 is 1.92 bits per heavy atom. The van der Waals surface area contributed by atoms with Crippen molar-refractivity contribution in [3.05, 3.63) is 58.8 Å². The Morgan fingerprint density at radius 1 is 1.22 bits per heavy atom. The first-order chi connectivity index (χ1) is 17.0. The minimum Gasteiger partial charge on any atom is -0.482 e. The largest absolute Gasteiger partial charge is 0.482 e. The maximum atomic E-state index is 14.2. The van der Waals surface area contributed by atoms with E-state index in [-0.39, 0.29) is 34.9 Å². The lowest BCUT2D eigenvalue weighted by Crippen LogP contribution is -2.34. The molecule has 1 atom stereocenters. The number of carbonyl (C=O) groups is 3. The average Bonchev–Trinajstić information content (AvgIpc) is 3.12. The topological polar surface area (TPSA) is 121 Å². The molecule has 36 heavy (non-hydrogen) atoms. The van der Waals surface area contributed by atoms with Gasteiger partial charge in [-0.3, -0.25) is 19.1 Å². The predicted molar refractivity (Wildman–Crippen MR) is 126 cm³/mol. The van der Waals surface area contributed by atoms with Crippen LogP contribution in [-0.4, -0.2) is 44.4 Å². The van der Waals surface area contributed by atoms with Crippen LogP contribution in [0.4, 0.5) is 10.2 Å². The standard InChI is InChI=1S/C25H23FN6O4/c1-13-19-9-17(26)6-7-18(19)25(35)30(4)12-20-23(21(10-27)31(5)29-20)16-8-22(36-13)24(28-11-16)32(14(2)33)15(3)34/h6-9,11,13H,12H2,1-5H3/t13-/m1/s1. The number of anilines is 1. The van der Waals surface area contributed by atoms with Gasteiger partial charge in [-0.2, -0.15) is 10.4 Å². The number of pyridine rings is 1. The molecule has 0 saturated heterocycles. The lowest BCUT2D eigenvalue weighted by atomic mass is 10.00. The van der Waals surface area contributed by atoms with Crippen molar-refractivity contribution in [3.63, 3.8) is 0 Å². The van der Waals surface area contributed by atoms with Crippen molar-refractivity contribution in [1.82, 2.24) is 19.7 Å².